The van der Waals surface area contributed by atoms with Crippen LogP contribution < -0.4 is 4.74 Å². The lowest BCUT2D eigenvalue weighted by atomic mass is 9.92. The molecule has 2 aliphatic heterocycles. The van der Waals surface area contributed by atoms with Crippen molar-refractivity contribution >= 4 is 11.6 Å². The van der Waals surface area contributed by atoms with Gasteiger partial charge in [0, 0.05) is 25.2 Å². The van der Waals surface area contributed by atoms with Crippen LogP contribution in [0.25, 0.3) is 0 Å². The molecule has 6 atom stereocenters. The van der Waals surface area contributed by atoms with E-state index in [2.05, 4.69) is 11.9 Å². The van der Waals surface area contributed by atoms with Crippen molar-refractivity contribution in [3.63, 3.8) is 0 Å². The molecule has 2 aliphatic rings. The summed E-state index contributed by atoms with van der Waals surface area (Å²) in [6.07, 6.45) is -4.06. The van der Waals surface area contributed by atoms with E-state index in [0.29, 0.717) is 17.0 Å². The maximum absolute atomic E-state index is 10.4. The number of aliphatic hydroxyl groups excluding tert-OH is 3. The van der Waals surface area contributed by atoms with Crippen molar-refractivity contribution in [2.45, 2.75) is 49.7 Å². The van der Waals surface area contributed by atoms with Crippen LogP contribution in [-0.2, 0) is 15.9 Å². The molecule has 3 N–H and O–H groups in total. The fraction of sp³-hybridized carbons (Fsp3) is 0.500. The highest BCUT2D eigenvalue weighted by Gasteiger charge is 2.44. The molecule has 0 bridgehead atoms. The Hall–Kier alpha value is -1.71. The van der Waals surface area contributed by atoms with Crippen LogP contribution in [0, 0.1) is 0 Å². The van der Waals surface area contributed by atoms with E-state index < -0.39 is 30.7 Å². The summed E-state index contributed by atoms with van der Waals surface area (Å²) >= 11 is 6.44. The third-order valence-electron chi connectivity index (χ3n) is 6.17. The van der Waals surface area contributed by atoms with Crippen LogP contribution in [-0.4, -0.2) is 78.2 Å². The number of likely N-dealkylation sites (tertiary alicyclic amines) is 1. The standard InChI is InChI=1S/C24H30ClNO6/c1-26-10-9-18(13-26)31-17-6-3-14(4-7-17)11-16-12-15(5-8-19(16)25)23-21(28)20(27)22(29)24(30-2)32-23/h3-8,12,18,20-24,27-29H,9-11,13H2,1-2H3/t18?,20-,21-,22+,23+,24?/m1/s1. The van der Waals surface area contributed by atoms with Gasteiger partial charge < -0.3 is 34.4 Å². The molecule has 174 valence electrons. The SMILES string of the molecule is COC1O[C@@H](c2ccc(Cl)c(Cc3ccc(OC4CCN(C)C4)cc3)c2)[C@H](O)[C@@H](O)[C@@H]1O. The number of benzene rings is 2. The van der Waals surface area contributed by atoms with E-state index in [1.165, 1.54) is 7.11 Å². The molecule has 2 aromatic carbocycles. The first-order valence-corrected chi connectivity index (χ1v) is 11.2. The highest BCUT2D eigenvalue weighted by Crippen LogP contribution is 2.34. The fourth-order valence-electron chi connectivity index (χ4n) is 4.31. The average molecular weight is 464 g/mol. The van der Waals surface area contributed by atoms with Crippen molar-refractivity contribution in [3.05, 3.63) is 64.2 Å². The largest absolute Gasteiger partial charge is 0.489 e. The number of hydrogen-bond acceptors (Lipinski definition) is 7. The van der Waals surface area contributed by atoms with Crippen LogP contribution in [0.2, 0.25) is 5.02 Å². The Morgan fingerprint density at radius 1 is 1.06 bits per heavy atom. The molecule has 2 aromatic rings. The van der Waals surface area contributed by atoms with Gasteiger partial charge in [-0.25, -0.2) is 0 Å². The lowest BCUT2D eigenvalue weighted by molar-refractivity contribution is -0.292. The highest BCUT2D eigenvalue weighted by molar-refractivity contribution is 6.31. The van der Waals surface area contributed by atoms with Gasteiger partial charge in [-0.05, 0) is 54.8 Å². The minimum Gasteiger partial charge on any atom is -0.489 e. The second kappa shape index (κ2) is 10.1. The molecule has 0 spiro atoms. The highest BCUT2D eigenvalue weighted by atomic mass is 35.5. The Balaban J connectivity index is 1.47. The van der Waals surface area contributed by atoms with Crippen molar-refractivity contribution in [1.82, 2.24) is 4.90 Å². The Kier molecular flexibility index (Phi) is 7.37. The van der Waals surface area contributed by atoms with E-state index in [9.17, 15) is 15.3 Å². The molecular formula is C24H30ClNO6. The van der Waals surface area contributed by atoms with Crippen LogP contribution in [0.15, 0.2) is 42.5 Å². The van der Waals surface area contributed by atoms with Crippen LogP contribution >= 0.6 is 11.6 Å². The van der Waals surface area contributed by atoms with Gasteiger partial charge in [0.25, 0.3) is 0 Å². The summed E-state index contributed by atoms with van der Waals surface area (Å²) in [5, 5.41) is 31.2. The second-order valence-electron chi connectivity index (χ2n) is 8.59. The van der Waals surface area contributed by atoms with Crippen molar-refractivity contribution < 1.29 is 29.5 Å². The van der Waals surface area contributed by atoms with Crippen molar-refractivity contribution in [2.24, 2.45) is 0 Å². The predicted octanol–water partition coefficient (Wildman–Crippen LogP) is 2.14. The lowest BCUT2D eigenvalue weighted by Gasteiger charge is -2.40. The van der Waals surface area contributed by atoms with Gasteiger partial charge in [0.15, 0.2) is 6.29 Å². The smallest absolute Gasteiger partial charge is 0.186 e. The number of aliphatic hydroxyl groups is 3. The first-order chi connectivity index (χ1) is 15.4. The maximum Gasteiger partial charge on any atom is 0.186 e. The minimum absolute atomic E-state index is 0.226. The zero-order chi connectivity index (χ0) is 22.8. The van der Waals surface area contributed by atoms with Gasteiger partial charge in [0.1, 0.15) is 36.3 Å². The monoisotopic (exact) mass is 463 g/mol. The zero-order valence-electron chi connectivity index (χ0n) is 18.2. The molecule has 2 heterocycles. The number of halogens is 1. The van der Waals surface area contributed by atoms with Gasteiger partial charge in [-0.2, -0.15) is 0 Å². The zero-order valence-corrected chi connectivity index (χ0v) is 19.0. The van der Waals surface area contributed by atoms with Gasteiger partial charge in [-0.1, -0.05) is 35.9 Å². The summed E-state index contributed by atoms with van der Waals surface area (Å²) in [6.45, 7) is 1.99. The second-order valence-corrected chi connectivity index (χ2v) is 9.00. The van der Waals surface area contributed by atoms with Crippen LogP contribution in [0.5, 0.6) is 5.75 Å². The number of hydrogen-bond donors (Lipinski definition) is 3. The minimum atomic E-state index is -1.38. The summed E-state index contributed by atoms with van der Waals surface area (Å²) in [5.41, 5.74) is 2.58. The lowest BCUT2D eigenvalue weighted by Crippen LogP contribution is -2.54. The molecule has 0 amide bonds. The summed E-state index contributed by atoms with van der Waals surface area (Å²) < 4.78 is 16.9. The molecule has 0 aliphatic carbocycles. The molecule has 0 radical (unpaired) electrons. The average Bonchev–Trinajstić information content (AvgIpc) is 3.20. The van der Waals surface area contributed by atoms with Gasteiger partial charge in [0.05, 0.1) is 0 Å². The molecular weight excluding hydrogens is 434 g/mol. The van der Waals surface area contributed by atoms with E-state index in [4.69, 9.17) is 25.8 Å². The molecule has 0 aromatic heterocycles. The topological polar surface area (TPSA) is 91.6 Å². The van der Waals surface area contributed by atoms with Crippen LogP contribution in [0.4, 0.5) is 0 Å². The molecule has 0 saturated carbocycles. The van der Waals surface area contributed by atoms with Gasteiger partial charge in [0.2, 0.25) is 0 Å². The quantitative estimate of drug-likeness (QED) is 0.604. The number of rotatable bonds is 6. The summed E-state index contributed by atoms with van der Waals surface area (Å²) in [6, 6.07) is 13.3. The van der Waals surface area contributed by atoms with E-state index in [1.54, 1.807) is 12.1 Å². The number of likely N-dealkylation sites (N-methyl/N-ethyl adjacent to an activating group) is 1. The Morgan fingerprint density at radius 3 is 2.47 bits per heavy atom. The number of nitrogens with zero attached hydrogens (tertiary/aromatic N) is 1. The Labute approximate surface area is 193 Å². The maximum atomic E-state index is 10.4. The summed E-state index contributed by atoms with van der Waals surface area (Å²) in [7, 11) is 3.47. The van der Waals surface area contributed by atoms with E-state index in [-0.39, 0.29) is 6.10 Å². The van der Waals surface area contributed by atoms with E-state index in [1.807, 2.05) is 30.3 Å². The third-order valence-corrected chi connectivity index (χ3v) is 6.54. The van der Waals surface area contributed by atoms with Crippen molar-refractivity contribution in [3.8, 4) is 5.75 Å². The first kappa shape index (κ1) is 23.4. The van der Waals surface area contributed by atoms with Gasteiger partial charge in [-0.3, -0.25) is 0 Å². The van der Waals surface area contributed by atoms with Gasteiger partial charge >= 0.3 is 0 Å². The Bertz CT molecular complexity index is 908. The molecule has 8 heteroatoms. The van der Waals surface area contributed by atoms with E-state index >= 15 is 0 Å². The van der Waals surface area contributed by atoms with E-state index in [0.717, 1.165) is 36.4 Å². The van der Waals surface area contributed by atoms with Crippen molar-refractivity contribution in [1.29, 1.82) is 0 Å². The number of ether oxygens (including phenoxy) is 3. The third kappa shape index (κ3) is 5.10. The predicted molar refractivity (Wildman–Crippen MR) is 120 cm³/mol. The summed E-state index contributed by atoms with van der Waals surface area (Å²) in [5.74, 6) is 0.853. The first-order valence-electron chi connectivity index (χ1n) is 10.8. The molecule has 7 nitrogen and oxygen atoms in total. The van der Waals surface area contributed by atoms with Crippen LogP contribution in [0.1, 0.15) is 29.2 Å². The van der Waals surface area contributed by atoms with Crippen molar-refractivity contribution in [2.75, 3.05) is 27.2 Å². The molecule has 4 rings (SSSR count). The van der Waals surface area contributed by atoms with Gasteiger partial charge in [-0.15, -0.1) is 0 Å². The normalized spacial score (nSPS) is 31.1. The molecule has 2 unspecified atom stereocenters. The fourth-order valence-corrected chi connectivity index (χ4v) is 4.50. The Morgan fingerprint density at radius 2 is 1.81 bits per heavy atom. The molecule has 32 heavy (non-hydrogen) atoms. The molecule has 2 fully saturated rings. The molecule has 2 saturated heterocycles. The van der Waals surface area contributed by atoms with Crippen LogP contribution in [0.3, 0.4) is 0 Å². The number of methoxy groups -OCH3 is 1. The summed E-state index contributed by atoms with van der Waals surface area (Å²) in [4.78, 5) is 2.26.